The molecule has 1 saturated heterocycles. The number of carboxylic acids is 1. The summed E-state index contributed by atoms with van der Waals surface area (Å²) in [5, 5.41) is 9.83. The third kappa shape index (κ3) is 4.81. The minimum absolute atomic E-state index is 0.108. The summed E-state index contributed by atoms with van der Waals surface area (Å²) < 4.78 is 35.0. The summed E-state index contributed by atoms with van der Waals surface area (Å²) in [4.78, 5) is 18.8. The largest absolute Gasteiger partial charge is 0.478 e. The number of nitrogens with zero attached hydrogens (tertiary/aromatic N) is 3. The van der Waals surface area contributed by atoms with Crippen LogP contribution in [-0.2, 0) is 23.6 Å². The van der Waals surface area contributed by atoms with E-state index in [1.54, 1.807) is 37.3 Å². The van der Waals surface area contributed by atoms with Crippen LogP contribution in [0.3, 0.4) is 0 Å². The van der Waals surface area contributed by atoms with Gasteiger partial charge in [0.2, 0.25) is 0 Å². The monoisotopic (exact) mass is 589 g/mol. The molecule has 1 aromatic heterocycles. The van der Waals surface area contributed by atoms with Crippen molar-refractivity contribution in [3.8, 4) is 11.5 Å². The first-order valence-electron chi connectivity index (χ1n) is 14.0. The maximum Gasteiger partial charge on any atom is 0.335 e. The van der Waals surface area contributed by atoms with Gasteiger partial charge in [-0.3, -0.25) is 4.90 Å². The molecule has 0 spiro atoms. The molecule has 1 N–H and O–H groups in total. The minimum atomic E-state index is -1.31. The number of carboxylic acid groups (broad SMARTS) is 1. The van der Waals surface area contributed by atoms with E-state index in [-0.39, 0.29) is 17.2 Å². The van der Waals surface area contributed by atoms with Crippen molar-refractivity contribution in [3.05, 3.63) is 94.0 Å². The van der Waals surface area contributed by atoms with E-state index < -0.39 is 17.6 Å². The molecule has 0 saturated carbocycles. The Morgan fingerprint density at radius 3 is 2.76 bits per heavy atom. The fraction of sp³-hybridized carbons (Fsp3) is 0.312. The van der Waals surface area contributed by atoms with Crippen molar-refractivity contribution in [2.45, 2.75) is 44.7 Å². The Labute approximate surface area is 246 Å². The molecule has 3 aromatic carbocycles. The highest BCUT2D eigenvalue weighted by Crippen LogP contribution is 2.49. The highest BCUT2D eigenvalue weighted by Gasteiger charge is 2.42. The summed E-state index contributed by atoms with van der Waals surface area (Å²) in [6.45, 7) is 5.21. The molecule has 8 nitrogen and oxygen atoms in total. The molecule has 10 heteroatoms. The summed E-state index contributed by atoms with van der Waals surface area (Å²) in [5.41, 5.74) is 4.18. The number of hydrogen-bond donors (Lipinski definition) is 1. The molecule has 42 heavy (non-hydrogen) atoms. The SMILES string of the molecule is C[C@]1(c2ccc(Cl)cc2F)Oc2cccc(C3=CCN(Cc4nc5ccc(C(=O)O)cc5n4C[C@@H]4CCO4)CC3)c2O1. The Kier molecular flexibility index (Phi) is 6.68. The molecule has 3 aliphatic heterocycles. The quantitative estimate of drug-likeness (QED) is 0.273. The van der Waals surface area contributed by atoms with Crippen LogP contribution in [0.25, 0.3) is 16.6 Å². The minimum Gasteiger partial charge on any atom is -0.478 e. The zero-order valence-corrected chi connectivity index (χ0v) is 23.7. The molecule has 2 atom stereocenters. The van der Waals surface area contributed by atoms with Crippen molar-refractivity contribution in [1.82, 2.24) is 14.5 Å². The predicted molar refractivity (Wildman–Crippen MR) is 155 cm³/mol. The Hall–Kier alpha value is -3.92. The van der Waals surface area contributed by atoms with E-state index in [2.05, 4.69) is 15.5 Å². The molecule has 4 heterocycles. The third-order valence-electron chi connectivity index (χ3n) is 8.26. The number of fused-ring (bicyclic) bond motifs is 2. The number of hydrogen-bond acceptors (Lipinski definition) is 6. The summed E-state index contributed by atoms with van der Waals surface area (Å²) in [6.07, 6.45) is 4.05. The van der Waals surface area contributed by atoms with Gasteiger partial charge in [0.05, 0.1) is 41.4 Å². The lowest BCUT2D eigenvalue weighted by Crippen LogP contribution is -2.34. The fourth-order valence-corrected chi connectivity index (χ4v) is 6.07. The van der Waals surface area contributed by atoms with Gasteiger partial charge in [-0.2, -0.15) is 0 Å². The number of ether oxygens (including phenoxy) is 3. The number of imidazole rings is 1. The molecule has 0 unspecified atom stereocenters. The van der Waals surface area contributed by atoms with Crippen LogP contribution in [0.4, 0.5) is 4.39 Å². The van der Waals surface area contributed by atoms with Crippen molar-refractivity contribution in [1.29, 1.82) is 0 Å². The van der Waals surface area contributed by atoms with Gasteiger partial charge in [0.1, 0.15) is 11.6 Å². The van der Waals surface area contributed by atoms with Crippen LogP contribution in [0.1, 0.15) is 47.1 Å². The van der Waals surface area contributed by atoms with E-state index in [1.165, 1.54) is 6.07 Å². The van der Waals surface area contributed by atoms with Gasteiger partial charge < -0.3 is 23.9 Å². The number of para-hydroxylation sites is 1. The highest BCUT2D eigenvalue weighted by atomic mass is 35.5. The lowest BCUT2D eigenvalue weighted by molar-refractivity contribution is -0.0708. The number of aromatic carboxylic acids is 1. The zero-order valence-electron chi connectivity index (χ0n) is 23.0. The van der Waals surface area contributed by atoms with Crippen molar-refractivity contribution in [2.75, 3.05) is 19.7 Å². The maximum absolute atomic E-state index is 14.8. The van der Waals surface area contributed by atoms with Gasteiger partial charge in [0.15, 0.2) is 11.5 Å². The van der Waals surface area contributed by atoms with E-state index in [0.29, 0.717) is 36.2 Å². The molecule has 3 aliphatic rings. The van der Waals surface area contributed by atoms with Gasteiger partial charge >= 0.3 is 5.97 Å². The van der Waals surface area contributed by atoms with Crippen molar-refractivity contribution < 1.29 is 28.5 Å². The number of halogens is 2. The average molecular weight is 590 g/mol. The summed E-state index contributed by atoms with van der Waals surface area (Å²) in [7, 11) is 0. The van der Waals surface area contributed by atoms with Gasteiger partial charge in [0.25, 0.3) is 5.79 Å². The average Bonchev–Trinajstić information content (AvgIpc) is 3.47. The lowest BCUT2D eigenvalue weighted by Gasteiger charge is -2.29. The third-order valence-corrected chi connectivity index (χ3v) is 8.49. The molecular weight excluding hydrogens is 561 g/mol. The second-order valence-corrected chi connectivity index (χ2v) is 11.5. The molecule has 7 rings (SSSR count). The Morgan fingerprint density at radius 2 is 2.05 bits per heavy atom. The molecule has 1 fully saturated rings. The van der Waals surface area contributed by atoms with E-state index in [9.17, 15) is 14.3 Å². The van der Waals surface area contributed by atoms with Crippen molar-refractivity contribution in [2.24, 2.45) is 0 Å². The Bertz CT molecular complexity index is 1750. The predicted octanol–water partition coefficient (Wildman–Crippen LogP) is 6.25. The molecule has 4 aromatic rings. The van der Waals surface area contributed by atoms with E-state index >= 15 is 0 Å². The van der Waals surface area contributed by atoms with Crippen LogP contribution in [0, 0.1) is 5.82 Å². The van der Waals surface area contributed by atoms with Gasteiger partial charge in [-0.1, -0.05) is 29.8 Å². The second-order valence-electron chi connectivity index (χ2n) is 11.1. The molecular formula is C32H29ClFN3O5. The standard InChI is InChI=1S/C32H29ClFN3O5/c1-32(24-7-6-21(33)16-25(24)34)41-28-4-2-3-23(30(28)42-32)19-9-12-36(13-10-19)18-29-35-26-8-5-20(31(38)39)15-27(26)37(29)17-22-11-14-40-22/h2-9,15-16,22H,10-14,17-18H2,1H3,(H,38,39)/t22-,32-/m0/s1. The maximum atomic E-state index is 14.8. The highest BCUT2D eigenvalue weighted by molar-refractivity contribution is 6.30. The van der Waals surface area contributed by atoms with Gasteiger partial charge in [-0.05, 0) is 60.9 Å². The molecule has 0 amide bonds. The first kappa shape index (κ1) is 26.9. The zero-order chi connectivity index (χ0) is 29.0. The second kappa shape index (κ2) is 10.4. The number of rotatable bonds is 7. The van der Waals surface area contributed by atoms with Crippen molar-refractivity contribution >= 4 is 34.2 Å². The number of benzene rings is 3. The Balaban J connectivity index is 1.12. The van der Waals surface area contributed by atoms with Gasteiger partial charge in [0, 0.05) is 37.2 Å². The van der Waals surface area contributed by atoms with Crippen LogP contribution in [0.5, 0.6) is 11.5 Å². The lowest BCUT2D eigenvalue weighted by atomic mass is 9.98. The van der Waals surface area contributed by atoms with Gasteiger partial charge in [-0.25, -0.2) is 14.2 Å². The van der Waals surface area contributed by atoms with Crippen LogP contribution < -0.4 is 9.47 Å². The van der Waals surface area contributed by atoms with Crippen LogP contribution in [-0.4, -0.2) is 51.3 Å². The van der Waals surface area contributed by atoms with E-state index in [4.69, 9.17) is 30.8 Å². The summed E-state index contributed by atoms with van der Waals surface area (Å²) in [5.74, 6) is -0.692. The first-order chi connectivity index (χ1) is 20.3. The van der Waals surface area contributed by atoms with E-state index in [1.807, 2.05) is 18.2 Å². The van der Waals surface area contributed by atoms with Gasteiger partial charge in [-0.15, -0.1) is 0 Å². The molecule has 0 bridgehead atoms. The smallest absolute Gasteiger partial charge is 0.335 e. The van der Waals surface area contributed by atoms with Crippen LogP contribution in [0.2, 0.25) is 5.02 Å². The number of carbonyl (C=O) groups is 1. The molecule has 0 aliphatic carbocycles. The van der Waals surface area contributed by atoms with Crippen LogP contribution in [0.15, 0.2) is 60.7 Å². The first-order valence-corrected chi connectivity index (χ1v) is 14.4. The van der Waals surface area contributed by atoms with Crippen molar-refractivity contribution in [3.63, 3.8) is 0 Å². The topological polar surface area (TPSA) is 86.1 Å². The normalized spacial score (nSPS) is 21.8. The summed E-state index contributed by atoms with van der Waals surface area (Å²) >= 11 is 5.96. The van der Waals surface area contributed by atoms with E-state index in [0.717, 1.165) is 54.0 Å². The summed E-state index contributed by atoms with van der Waals surface area (Å²) in [6, 6.07) is 15.3. The Morgan fingerprint density at radius 1 is 1.19 bits per heavy atom. The molecule has 0 radical (unpaired) electrons. The van der Waals surface area contributed by atoms with Crippen LogP contribution >= 0.6 is 11.6 Å². The number of aromatic nitrogens is 2. The fourth-order valence-electron chi connectivity index (χ4n) is 5.91. The molecule has 216 valence electrons.